The fourth-order valence-corrected chi connectivity index (χ4v) is 3.91. The molecule has 0 amide bonds. The maximum atomic E-state index is 14.1. The lowest BCUT2D eigenvalue weighted by Crippen LogP contribution is -2.33. The van der Waals surface area contributed by atoms with E-state index in [1.807, 2.05) is 6.92 Å². The number of halogens is 2. The van der Waals surface area contributed by atoms with Crippen LogP contribution in [0.15, 0.2) is 21.5 Å². The smallest absolute Gasteiger partial charge is 0.243 e. The fourth-order valence-electron chi connectivity index (χ4n) is 1.83. The largest absolute Gasteiger partial charge is 0.392 e. The Bertz CT molecular complexity index is 563. The summed E-state index contributed by atoms with van der Waals surface area (Å²) in [6.07, 6.45) is 2.55. The molecule has 1 aromatic carbocycles. The first kappa shape index (κ1) is 17.6. The quantitative estimate of drug-likeness (QED) is 0.778. The van der Waals surface area contributed by atoms with Gasteiger partial charge < -0.3 is 5.11 Å². The molecule has 0 aliphatic rings. The van der Waals surface area contributed by atoms with Crippen LogP contribution in [0.5, 0.6) is 0 Å². The van der Waals surface area contributed by atoms with Crippen molar-refractivity contribution in [1.29, 1.82) is 0 Å². The van der Waals surface area contributed by atoms with Crippen molar-refractivity contribution in [3.63, 3.8) is 0 Å². The molecular weight excluding hydrogens is 349 g/mol. The molecule has 1 unspecified atom stereocenters. The molecule has 0 radical (unpaired) electrons. The Morgan fingerprint density at radius 1 is 1.45 bits per heavy atom. The van der Waals surface area contributed by atoms with E-state index < -0.39 is 27.3 Å². The second kappa shape index (κ2) is 7.49. The zero-order valence-corrected chi connectivity index (χ0v) is 13.9. The Kier molecular flexibility index (Phi) is 6.57. The average Bonchev–Trinajstić information content (AvgIpc) is 2.37. The molecule has 0 aromatic heterocycles. The first-order valence-corrected chi connectivity index (χ1v) is 8.70. The summed E-state index contributed by atoms with van der Waals surface area (Å²) in [5.74, 6) is -0.911. The van der Waals surface area contributed by atoms with Crippen LogP contribution in [0.1, 0.15) is 38.7 Å². The van der Waals surface area contributed by atoms with Gasteiger partial charge in [-0.3, -0.25) is 0 Å². The highest BCUT2D eigenvalue weighted by Crippen LogP contribution is 2.24. The molecule has 1 aromatic rings. The Hall–Kier alpha value is -0.500. The Morgan fingerprint density at radius 2 is 2.10 bits per heavy atom. The summed E-state index contributed by atoms with van der Waals surface area (Å²) < 4.78 is 41.3. The second-order valence-electron chi connectivity index (χ2n) is 4.70. The summed E-state index contributed by atoms with van der Waals surface area (Å²) in [4.78, 5) is -0.445. The van der Waals surface area contributed by atoms with Gasteiger partial charge in [-0.15, -0.1) is 0 Å². The minimum Gasteiger partial charge on any atom is -0.392 e. The fraction of sp³-hybridized carbons (Fsp3) is 0.538. The van der Waals surface area contributed by atoms with Gasteiger partial charge in [0.1, 0.15) is 10.7 Å². The summed E-state index contributed by atoms with van der Waals surface area (Å²) >= 11 is 3.12. The summed E-state index contributed by atoms with van der Waals surface area (Å²) in [5, 5.41) is 9.06. The first-order chi connectivity index (χ1) is 9.31. The highest BCUT2D eigenvalue weighted by atomic mass is 79.9. The van der Waals surface area contributed by atoms with E-state index >= 15 is 0 Å². The van der Waals surface area contributed by atoms with Crippen molar-refractivity contribution in [2.24, 2.45) is 0 Å². The van der Waals surface area contributed by atoms with Crippen molar-refractivity contribution >= 4 is 26.0 Å². The lowest BCUT2D eigenvalue weighted by molar-refractivity contribution is 0.274. The average molecular weight is 368 g/mol. The van der Waals surface area contributed by atoms with Crippen LogP contribution in [-0.2, 0) is 16.6 Å². The van der Waals surface area contributed by atoms with Crippen LogP contribution in [0.25, 0.3) is 0 Å². The van der Waals surface area contributed by atoms with Crippen LogP contribution >= 0.6 is 15.9 Å². The molecule has 0 aliphatic heterocycles. The Morgan fingerprint density at radius 3 is 2.65 bits per heavy atom. The molecule has 2 N–H and O–H groups in total. The minimum atomic E-state index is -3.94. The highest BCUT2D eigenvalue weighted by molar-refractivity contribution is 9.10. The number of hydrogen-bond donors (Lipinski definition) is 2. The second-order valence-corrected chi connectivity index (χ2v) is 7.30. The van der Waals surface area contributed by atoms with E-state index in [-0.39, 0.29) is 11.6 Å². The van der Waals surface area contributed by atoms with Gasteiger partial charge in [0.05, 0.1) is 6.61 Å². The number of rotatable bonds is 7. The number of aliphatic hydroxyl groups excluding tert-OH is 1. The molecule has 20 heavy (non-hydrogen) atoms. The molecule has 4 nitrogen and oxygen atoms in total. The molecule has 0 bridgehead atoms. The molecule has 0 aliphatic carbocycles. The van der Waals surface area contributed by atoms with E-state index in [0.717, 1.165) is 12.8 Å². The lowest BCUT2D eigenvalue weighted by atomic mass is 10.2. The van der Waals surface area contributed by atoms with Gasteiger partial charge in [0.25, 0.3) is 0 Å². The number of sulfonamides is 1. The summed E-state index contributed by atoms with van der Waals surface area (Å²) in [7, 11) is -3.94. The normalized spacial score (nSPS) is 13.4. The number of nitrogens with one attached hydrogen (secondary N) is 1. The van der Waals surface area contributed by atoms with Gasteiger partial charge in [0, 0.05) is 16.1 Å². The highest BCUT2D eigenvalue weighted by Gasteiger charge is 2.23. The van der Waals surface area contributed by atoms with Crippen LogP contribution in [0.3, 0.4) is 0 Å². The first-order valence-electron chi connectivity index (χ1n) is 6.43. The molecule has 1 atom stereocenters. The van der Waals surface area contributed by atoms with Crippen molar-refractivity contribution in [2.75, 3.05) is 0 Å². The van der Waals surface area contributed by atoms with Gasteiger partial charge in [-0.2, -0.15) is 0 Å². The van der Waals surface area contributed by atoms with E-state index in [0.29, 0.717) is 10.9 Å². The van der Waals surface area contributed by atoms with Crippen molar-refractivity contribution in [3.8, 4) is 0 Å². The summed E-state index contributed by atoms with van der Waals surface area (Å²) in [6, 6.07) is 2.29. The zero-order chi connectivity index (χ0) is 15.3. The van der Waals surface area contributed by atoms with Crippen molar-refractivity contribution < 1.29 is 17.9 Å². The molecular formula is C13H19BrFNO3S. The molecule has 0 spiro atoms. The molecule has 0 saturated heterocycles. The predicted molar refractivity (Wildman–Crippen MR) is 79.3 cm³/mol. The third kappa shape index (κ3) is 4.51. The van der Waals surface area contributed by atoms with Crippen molar-refractivity contribution in [2.45, 2.75) is 50.7 Å². The number of aliphatic hydroxyl groups is 1. The molecule has 7 heteroatoms. The lowest BCUT2D eigenvalue weighted by Gasteiger charge is -2.15. The van der Waals surface area contributed by atoms with Crippen LogP contribution < -0.4 is 4.72 Å². The van der Waals surface area contributed by atoms with E-state index in [1.54, 1.807) is 6.92 Å². The third-order valence-electron chi connectivity index (χ3n) is 2.89. The van der Waals surface area contributed by atoms with E-state index in [9.17, 15) is 12.8 Å². The van der Waals surface area contributed by atoms with Gasteiger partial charge in [0.2, 0.25) is 10.0 Å². The van der Waals surface area contributed by atoms with E-state index in [1.165, 1.54) is 12.1 Å². The number of benzene rings is 1. The maximum Gasteiger partial charge on any atom is 0.243 e. The topological polar surface area (TPSA) is 66.4 Å². The van der Waals surface area contributed by atoms with Gasteiger partial charge in [0.15, 0.2) is 0 Å². The maximum absolute atomic E-state index is 14.1. The molecule has 0 fully saturated rings. The van der Waals surface area contributed by atoms with E-state index in [2.05, 4.69) is 20.7 Å². The third-order valence-corrected chi connectivity index (χ3v) is 4.93. The summed E-state index contributed by atoms with van der Waals surface area (Å²) in [6.45, 7) is 3.21. The number of unbranched alkanes of at least 4 members (excludes halogenated alkanes) is 1. The molecule has 0 saturated carbocycles. The molecule has 0 heterocycles. The van der Waals surface area contributed by atoms with Gasteiger partial charge in [-0.1, -0.05) is 35.7 Å². The van der Waals surface area contributed by atoms with Gasteiger partial charge in [-0.25, -0.2) is 17.5 Å². The van der Waals surface area contributed by atoms with Crippen LogP contribution in [0.4, 0.5) is 4.39 Å². The van der Waals surface area contributed by atoms with Gasteiger partial charge in [-0.05, 0) is 25.5 Å². The Balaban J connectivity index is 3.06. The van der Waals surface area contributed by atoms with Crippen LogP contribution in [-0.4, -0.2) is 19.6 Å². The monoisotopic (exact) mass is 367 g/mol. The Labute approximate surface area is 127 Å². The van der Waals surface area contributed by atoms with Crippen LogP contribution in [0, 0.1) is 5.82 Å². The van der Waals surface area contributed by atoms with E-state index in [4.69, 9.17) is 5.11 Å². The standard InChI is InChI=1S/C13H19BrFNO3S/c1-3-4-5-9(2)16-20(18,19)12-7-11(14)6-10(8-17)13(12)15/h6-7,9,16-17H,3-5,8H2,1-2H3. The van der Waals surface area contributed by atoms with Gasteiger partial charge >= 0.3 is 0 Å². The molecule has 1 rings (SSSR count). The summed E-state index contributed by atoms with van der Waals surface area (Å²) in [5.41, 5.74) is -0.0547. The predicted octanol–water partition coefficient (Wildman–Crippen LogP) is 2.94. The SMILES string of the molecule is CCCCC(C)NS(=O)(=O)c1cc(Br)cc(CO)c1F. The molecule has 114 valence electrons. The zero-order valence-electron chi connectivity index (χ0n) is 11.5. The van der Waals surface area contributed by atoms with Crippen molar-refractivity contribution in [3.05, 3.63) is 28.0 Å². The number of hydrogen-bond acceptors (Lipinski definition) is 3. The van der Waals surface area contributed by atoms with Crippen molar-refractivity contribution in [1.82, 2.24) is 4.72 Å². The minimum absolute atomic E-state index is 0.0547. The van der Waals surface area contributed by atoms with Crippen LogP contribution in [0.2, 0.25) is 0 Å².